The summed E-state index contributed by atoms with van der Waals surface area (Å²) in [6, 6.07) is 12.9. The largest absolute Gasteiger partial charge is 0.573 e. The maximum absolute atomic E-state index is 12.5. The summed E-state index contributed by atoms with van der Waals surface area (Å²) in [6.45, 7) is 1.80. The van der Waals surface area contributed by atoms with Crippen LogP contribution in [0.2, 0.25) is 0 Å². The maximum atomic E-state index is 12.5. The molecule has 5 heteroatoms. The highest BCUT2D eigenvalue weighted by Crippen LogP contribution is 2.36. The van der Waals surface area contributed by atoms with E-state index in [4.69, 9.17) is 5.26 Å². The number of nitrogens with zero attached hydrogens (tertiary/aromatic N) is 1. The molecule has 2 rings (SSSR count). The molecule has 2 nitrogen and oxygen atoms in total. The lowest BCUT2D eigenvalue weighted by atomic mass is 9.98. The number of ether oxygens (including phenoxy) is 1. The molecule has 0 atom stereocenters. The summed E-state index contributed by atoms with van der Waals surface area (Å²) in [4.78, 5) is 0. The summed E-state index contributed by atoms with van der Waals surface area (Å²) in [5.41, 5.74) is 1.88. The van der Waals surface area contributed by atoms with E-state index in [1.54, 1.807) is 37.3 Å². The molecule has 0 heterocycles. The quantitative estimate of drug-likeness (QED) is 0.813. The van der Waals surface area contributed by atoms with Crippen molar-refractivity contribution in [1.82, 2.24) is 0 Å². The zero-order valence-electron chi connectivity index (χ0n) is 10.5. The van der Waals surface area contributed by atoms with E-state index in [9.17, 15) is 13.2 Å². The third-order valence-corrected chi connectivity index (χ3v) is 2.77. The van der Waals surface area contributed by atoms with Gasteiger partial charge in [0, 0.05) is 5.56 Å². The Morgan fingerprint density at radius 3 is 2.35 bits per heavy atom. The Morgan fingerprint density at radius 1 is 1.05 bits per heavy atom. The highest BCUT2D eigenvalue weighted by molar-refractivity contribution is 5.74. The molecule has 0 spiro atoms. The van der Waals surface area contributed by atoms with E-state index in [0.29, 0.717) is 11.1 Å². The van der Waals surface area contributed by atoms with Gasteiger partial charge in [-0.05, 0) is 36.2 Å². The predicted molar refractivity (Wildman–Crippen MR) is 68.0 cm³/mol. The Hall–Kier alpha value is -2.48. The molecule has 0 fully saturated rings. The van der Waals surface area contributed by atoms with Crippen LogP contribution in [0.5, 0.6) is 5.75 Å². The average molecular weight is 277 g/mol. The first-order valence-corrected chi connectivity index (χ1v) is 5.76. The molecule has 0 amide bonds. The second-order valence-electron chi connectivity index (χ2n) is 4.19. The van der Waals surface area contributed by atoms with Gasteiger partial charge in [0.2, 0.25) is 0 Å². The molecular weight excluding hydrogens is 267 g/mol. The van der Waals surface area contributed by atoms with E-state index >= 15 is 0 Å². The van der Waals surface area contributed by atoms with E-state index in [-0.39, 0.29) is 11.3 Å². The van der Waals surface area contributed by atoms with Crippen molar-refractivity contribution in [3.63, 3.8) is 0 Å². The molecule has 0 saturated carbocycles. The molecule has 0 saturated heterocycles. The molecule has 20 heavy (non-hydrogen) atoms. The standard InChI is InChI=1S/C15H10F3NO/c1-10-4-2-3-5-12(10)13-7-6-11(9-19)8-14(13)20-15(16,17)18/h2-8H,1H3. The highest BCUT2D eigenvalue weighted by atomic mass is 19.4. The van der Waals surface area contributed by atoms with Crippen molar-refractivity contribution in [2.45, 2.75) is 13.3 Å². The maximum Gasteiger partial charge on any atom is 0.573 e. The van der Waals surface area contributed by atoms with Crippen molar-refractivity contribution < 1.29 is 17.9 Å². The number of halogens is 3. The molecule has 0 aliphatic heterocycles. The molecule has 0 aromatic heterocycles. The van der Waals surface area contributed by atoms with Crippen molar-refractivity contribution >= 4 is 0 Å². The summed E-state index contributed by atoms with van der Waals surface area (Å²) in [7, 11) is 0. The van der Waals surface area contributed by atoms with Crippen LogP contribution < -0.4 is 4.74 Å². The molecule has 0 N–H and O–H groups in total. The number of rotatable bonds is 2. The zero-order valence-corrected chi connectivity index (χ0v) is 10.5. The number of hydrogen-bond acceptors (Lipinski definition) is 2. The number of nitriles is 1. The summed E-state index contributed by atoms with van der Waals surface area (Å²) in [5.74, 6) is -0.370. The molecule has 0 bridgehead atoms. The summed E-state index contributed by atoms with van der Waals surface area (Å²) in [6.07, 6.45) is -4.80. The van der Waals surface area contributed by atoms with Gasteiger partial charge in [0.15, 0.2) is 0 Å². The van der Waals surface area contributed by atoms with Gasteiger partial charge < -0.3 is 4.74 Å². The molecule has 102 valence electrons. The van der Waals surface area contributed by atoms with E-state index in [0.717, 1.165) is 11.6 Å². The fourth-order valence-electron chi connectivity index (χ4n) is 1.90. The molecule has 0 aliphatic rings. The van der Waals surface area contributed by atoms with E-state index < -0.39 is 6.36 Å². The number of alkyl halides is 3. The lowest BCUT2D eigenvalue weighted by molar-refractivity contribution is -0.274. The minimum Gasteiger partial charge on any atom is -0.405 e. The first-order chi connectivity index (χ1) is 9.40. The molecular formula is C15H10F3NO. The summed E-state index contributed by atoms with van der Waals surface area (Å²) >= 11 is 0. The van der Waals surface area contributed by atoms with Gasteiger partial charge in [0.05, 0.1) is 11.6 Å². The van der Waals surface area contributed by atoms with Gasteiger partial charge in [-0.1, -0.05) is 24.3 Å². The second-order valence-corrected chi connectivity index (χ2v) is 4.19. The van der Waals surface area contributed by atoms with Crippen molar-refractivity contribution in [2.24, 2.45) is 0 Å². The summed E-state index contributed by atoms with van der Waals surface area (Å²) in [5, 5.41) is 8.79. The van der Waals surface area contributed by atoms with Crippen LogP contribution in [-0.4, -0.2) is 6.36 Å². The van der Waals surface area contributed by atoms with Crippen LogP contribution in [0.25, 0.3) is 11.1 Å². The Morgan fingerprint density at radius 2 is 1.75 bits per heavy atom. The highest BCUT2D eigenvalue weighted by Gasteiger charge is 2.32. The first-order valence-electron chi connectivity index (χ1n) is 5.76. The molecule has 0 unspecified atom stereocenters. The van der Waals surface area contributed by atoms with Crippen LogP contribution in [0.4, 0.5) is 13.2 Å². The Kier molecular flexibility index (Phi) is 3.66. The van der Waals surface area contributed by atoms with Crippen molar-refractivity contribution in [2.75, 3.05) is 0 Å². The van der Waals surface area contributed by atoms with Crippen LogP contribution in [0.15, 0.2) is 42.5 Å². The van der Waals surface area contributed by atoms with Crippen LogP contribution in [0.3, 0.4) is 0 Å². The Bertz CT molecular complexity index is 672. The number of benzene rings is 2. The van der Waals surface area contributed by atoms with Gasteiger partial charge in [-0.3, -0.25) is 0 Å². The van der Waals surface area contributed by atoms with Crippen molar-refractivity contribution in [1.29, 1.82) is 5.26 Å². The van der Waals surface area contributed by atoms with Crippen LogP contribution in [0.1, 0.15) is 11.1 Å². The molecule has 0 radical (unpaired) electrons. The topological polar surface area (TPSA) is 33.0 Å². The van der Waals surface area contributed by atoms with Gasteiger partial charge >= 0.3 is 6.36 Å². The van der Waals surface area contributed by atoms with Crippen molar-refractivity contribution in [3.05, 3.63) is 53.6 Å². The number of hydrogen-bond donors (Lipinski definition) is 0. The van der Waals surface area contributed by atoms with Gasteiger partial charge in [0.25, 0.3) is 0 Å². The van der Waals surface area contributed by atoms with E-state index in [1.807, 2.05) is 0 Å². The predicted octanol–water partition coefficient (Wildman–Crippen LogP) is 4.43. The van der Waals surface area contributed by atoms with Gasteiger partial charge in [-0.2, -0.15) is 5.26 Å². The van der Waals surface area contributed by atoms with Gasteiger partial charge in [-0.25, -0.2) is 0 Å². The monoisotopic (exact) mass is 277 g/mol. The second kappa shape index (κ2) is 5.25. The fraction of sp³-hybridized carbons (Fsp3) is 0.133. The lowest BCUT2D eigenvalue weighted by Gasteiger charge is -2.15. The molecule has 0 aliphatic carbocycles. The molecule has 2 aromatic carbocycles. The summed E-state index contributed by atoms with van der Waals surface area (Å²) < 4.78 is 41.4. The third kappa shape index (κ3) is 3.09. The van der Waals surface area contributed by atoms with Crippen molar-refractivity contribution in [3.8, 4) is 22.9 Å². The average Bonchev–Trinajstić information content (AvgIpc) is 2.38. The minimum absolute atomic E-state index is 0.113. The van der Waals surface area contributed by atoms with Crippen LogP contribution >= 0.6 is 0 Å². The van der Waals surface area contributed by atoms with Gasteiger partial charge in [-0.15, -0.1) is 13.2 Å². The van der Waals surface area contributed by atoms with Crippen LogP contribution in [-0.2, 0) is 0 Å². The third-order valence-electron chi connectivity index (χ3n) is 2.77. The molecule has 2 aromatic rings. The fourth-order valence-corrected chi connectivity index (χ4v) is 1.90. The first kappa shape index (κ1) is 13.9. The Balaban J connectivity index is 2.58. The zero-order chi connectivity index (χ0) is 14.8. The van der Waals surface area contributed by atoms with Crippen LogP contribution in [0, 0.1) is 18.3 Å². The SMILES string of the molecule is Cc1ccccc1-c1ccc(C#N)cc1OC(F)(F)F. The van der Waals surface area contributed by atoms with Gasteiger partial charge in [0.1, 0.15) is 5.75 Å². The van der Waals surface area contributed by atoms with E-state index in [1.165, 1.54) is 12.1 Å². The lowest BCUT2D eigenvalue weighted by Crippen LogP contribution is -2.17. The van der Waals surface area contributed by atoms with E-state index in [2.05, 4.69) is 4.74 Å². The minimum atomic E-state index is -4.80. The Labute approximate surface area is 114 Å². The normalized spacial score (nSPS) is 10.9. The number of aryl methyl sites for hydroxylation is 1. The smallest absolute Gasteiger partial charge is 0.405 e.